The topological polar surface area (TPSA) is 148 Å². The van der Waals surface area contributed by atoms with Crippen LogP contribution in [0.4, 0.5) is 5.13 Å². The van der Waals surface area contributed by atoms with Crippen molar-refractivity contribution in [2.75, 3.05) is 12.4 Å². The Kier molecular flexibility index (Phi) is 7.86. The lowest BCUT2D eigenvalue weighted by Crippen LogP contribution is -2.38. The van der Waals surface area contributed by atoms with E-state index in [2.05, 4.69) is 20.0 Å². The highest BCUT2D eigenvalue weighted by molar-refractivity contribution is 7.89. The van der Waals surface area contributed by atoms with E-state index in [4.69, 9.17) is 9.84 Å². The number of nitrogens with zero attached hydrogens (tertiary/aromatic N) is 2. The number of pyridine rings is 1. The number of hydrogen-bond donors (Lipinski definition) is 3. The molecule has 0 spiro atoms. The number of sulfonamides is 1. The first-order valence-corrected chi connectivity index (χ1v) is 13.9. The van der Waals surface area contributed by atoms with Gasteiger partial charge in [-0.25, -0.2) is 18.4 Å². The molecule has 10 nitrogen and oxygen atoms in total. The maximum absolute atomic E-state index is 13.4. The van der Waals surface area contributed by atoms with Crippen molar-refractivity contribution >= 4 is 48.7 Å². The van der Waals surface area contributed by atoms with E-state index in [9.17, 15) is 18.0 Å². The first-order chi connectivity index (χ1) is 17.2. The summed E-state index contributed by atoms with van der Waals surface area (Å²) in [6.45, 7) is 1.25. The Morgan fingerprint density at radius 3 is 2.47 bits per heavy atom. The van der Waals surface area contributed by atoms with Crippen LogP contribution in [-0.4, -0.2) is 48.5 Å². The number of fused-ring (bicyclic) bond motifs is 1. The zero-order valence-electron chi connectivity index (χ0n) is 19.9. The monoisotopic (exact) mass is 532 g/mol. The summed E-state index contributed by atoms with van der Waals surface area (Å²) in [5.74, 6) is -1.12. The molecule has 1 aromatic carbocycles. The van der Waals surface area contributed by atoms with Gasteiger partial charge in [-0.1, -0.05) is 49.2 Å². The van der Waals surface area contributed by atoms with Crippen molar-refractivity contribution in [1.82, 2.24) is 14.7 Å². The fraction of sp³-hybridized carbons (Fsp3) is 0.417. The molecule has 0 aliphatic heterocycles. The van der Waals surface area contributed by atoms with E-state index < -0.39 is 28.0 Å². The number of aliphatic carboxylic acids is 1. The van der Waals surface area contributed by atoms with E-state index in [0.717, 1.165) is 25.7 Å². The number of rotatable bonds is 10. The predicted octanol–water partition coefficient (Wildman–Crippen LogP) is 3.75. The van der Waals surface area contributed by atoms with E-state index in [0.29, 0.717) is 39.3 Å². The molecule has 0 radical (unpaired) electrons. The molecule has 36 heavy (non-hydrogen) atoms. The molecule has 12 heteroatoms. The molecule has 1 aliphatic carbocycles. The van der Waals surface area contributed by atoms with E-state index >= 15 is 0 Å². The Morgan fingerprint density at radius 2 is 1.83 bits per heavy atom. The number of carboxylic acids is 1. The number of aromatic nitrogens is 2. The second-order valence-electron chi connectivity index (χ2n) is 8.88. The number of carbonyl (C=O) groups is 2. The van der Waals surface area contributed by atoms with Gasteiger partial charge in [0.1, 0.15) is 16.4 Å². The molecule has 2 unspecified atom stereocenters. The maximum Gasteiger partial charge on any atom is 0.321 e. The fourth-order valence-electron chi connectivity index (χ4n) is 4.36. The number of thiazole rings is 1. The number of nitrogens with one attached hydrogen (secondary N) is 2. The summed E-state index contributed by atoms with van der Waals surface area (Å²) in [7, 11) is -2.48. The average molecular weight is 533 g/mol. The lowest BCUT2D eigenvalue weighted by molar-refractivity contribution is -0.138. The van der Waals surface area contributed by atoms with Crippen LogP contribution in [0.25, 0.3) is 10.3 Å². The fourth-order valence-corrected chi connectivity index (χ4v) is 6.39. The molecule has 3 N–H and O–H groups in total. The minimum absolute atomic E-state index is 0.0643. The van der Waals surface area contributed by atoms with Crippen LogP contribution in [-0.2, 0) is 19.6 Å². The van der Waals surface area contributed by atoms with Gasteiger partial charge in [0.15, 0.2) is 5.13 Å². The predicted molar refractivity (Wildman–Crippen MR) is 136 cm³/mol. The van der Waals surface area contributed by atoms with Gasteiger partial charge in [-0.15, -0.1) is 0 Å². The number of methoxy groups -OCH3 is 1. The summed E-state index contributed by atoms with van der Waals surface area (Å²) in [5, 5.41) is 12.4. The molecule has 1 saturated carbocycles. The Morgan fingerprint density at radius 1 is 1.14 bits per heavy atom. The minimum atomic E-state index is -4.02. The van der Waals surface area contributed by atoms with Crippen LogP contribution in [0.15, 0.2) is 41.3 Å². The van der Waals surface area contributed by atoms with Crippen molar-refractivity contribution in [2.24, 2.45) is 5.92 Å². The SMILES string of the molecule is COc1ccc2nc(NC(=O)C(CC3CCCC3)c3ccc(S(=O)(=O)NC(C)C(=O)O)cc3)sc2n1. The summed E-state index contributed by atoms with van der Waals surface area (Å²) in [6, 6.07) is 8.25. The molecule has 0 saturated heterocycles. The molecular weight excluding hydrogens is 504 g/mol. The Labute approximate surface area is 213 Å². The number of amides is 1. The van der Waals surface area contributed by atoms with E-state index in [1.807, 2.05) is 0 Å². The smallest absolute Gasteiger partial charge is 0.321 e. The molecule has 1 fully saturated rings. The highest BCUT2D eigenvalue weighted by Gasteiger charge is 2.28. The van der Waals surface area contributed by atoms with Crippen LogP contribution in [0.3, 0.4) is 0 Å². The number of anilines is 1. The molecular formula is C24H28N4O6S2. The highest BCUT2D eigenvalue weighted by atomic mass is 32.2. The third-order valence-corrected chi connectivity index (χ3v) is 8.76. The quantitative estimate of drug-likeness (QED) is 0.358. The van der Waals surface area contributed by atoms with Crippen molar-refractivity contribution in [3.05, 3.63) is 42.0 Å². The molecule has 1 amide bonds. The summed E-state index contributed by atoms with van der Waals surface area (Å²) < 4.78 is 32.4. The summed E-state index contributed by atoms with van der Waals surface area (Å²) >= 11 is 1.25. The lowest BCUT2D eigenvalue weighted by Gasteiger charge is -2.20. The van der Waals surface area contributed by atoms with Crippen molar-refractivity contribution in [3.8, 4) is 5.88 Å². The summed E-state index contributed by atoms with van der Waals surface area (Å²) in [4.78, 5) is 33.9. The maximum atomic E-state index is 13.4. The number of benzene rings is 1. The van der Waals surface area contributed by atoms with E-state index in [1.165, 1.54) is 37.5 Å². The van der Waals surface area contributed by atoms with Gasteiger partial charge in [-0.05, 0) is 43.0 Å². The Bertz CT molecular complexity index is 1350. The number of hydrogen-bond acceptors (Lipinski definition) is 8. The van der Waals surface area contributed by atoms with E-state index in [-0.39, 0.29) is 10.8 Å². The molecule has 2 atom stereocenters. The largest absolute Gasteiger partial charge is 0.481 e. The molecule has 4 rings (SSSR count). The van der Waals surface area contributed by atoms with Gasteiger partial charge >= 0.3 is 5.97 Å². The van der Waals surface area contributed by atoms with E-state index in [1.54, 1.807) is 24.3 Å². The molecule has 0 bridgehead atoms. The van der Waals surface area contributed by atoms with Gasteiger partial charge in [0.25, 0.3) is 0 Å². The van der Waals surface area contributed by atoms with Gasteiger partial charge in [0, 0.05) is 6.07 Å². The molecule has 3 aromatic rings. The molecule has 2 heterocycles. The Hall–Kier alpha value is -3.09. The van der Waals surface area contributed by atoms with Crippen LogP contribution in [0.5, 0.6) is 5.88 Å². The number of carbonyl (C=O) groups excluding carboxylic acids is 1. The highest BCUT2D eigenvalue weighted by Crippen LogP contribution is 2.36. The lowest BCUT2D eigenvalue weighted by atomic mass is 9.87. The zero-order valence-corrected chi connectivity index (χ0v) is 21.6. The van der Waals surface area contributed by atoms with Crippen molar-refractivity contribution in [2.45, 2.75) is 55.9 Å². The standard InChI is InChI=1S/C24H28N4O6S2/c1-14(23(30)31)28-36(32,33)17-9-7-16(8-10-17)18(13-15-5-3-4-6-15)21(29)27-24-25-19-11-12-20(34-2)26-22(19)35-24/h7-12,14-15,18,28H,3-6,13H2,1-2H3,(H,30,31)(H,25,27,29). The van der Waals surface area contributed by atoms with Gasteiger partial charge < -0.3 is 15.2 Å². The molecule has 2 aromatic heterocycles. The Balaban J connectivity index is 1.56. The summed E-state index contributed by atoms with van der Waals surface area (Å²) in [5.41, 5.74) is 1.34. The van der Waals surface area contributed by atoms with Crippen LogP contribution >= 0.6 is 11.3 Å². The second kappa shape index (κ2) is 10.9. The van der Waals surface area contributed by atoms with Crippen LogP contribution in [0.1, 0.15) is 50.5 Å². The second-order valence-corrected chi connectivity index (χ2v) is 11.6. The zero-order chi connectivity index (χ0) is 25.9. The average Bonchev–Trinajstić information content (AvgIpc) is 3.51. The first-order valence-electron chi connectivity index (χ1n) is 11.6. The van der Waals surface area contributed by atoms with Crippen LogP contribution < -0.4 is 14.8 Å². The molecule has 1 aliphatic rings. The van der Waals surface area contributed by atoms with Crippen LogP contribution in [0, 0.1) is 5.92 Å². The third kappa shape index (κ3) is 6.00. The first kappa shape index (κ1) is 26.0. The molecule has 192 valence electrons. The summed E-state index contributed by atoms with van der Waals surface area (Å²) in [6.07, 6.45) is 5.02. The van der Waals surface area contributed by atoms with Crippen molar-refractivity contribution < 1.29 is 27.9 Å². The van der Waals surface area contributed by atoms with Gasteiger partial charge in [-0.2, -0.15) is 4.72 Å². The van der Waals surface area contributed by atoms with Gasteiger partial charge in [-0.3, -0.25) is 9.59 Å². The van der Waals surface area contributed by atoms with Crippen LogP contribution in [0.2, 0.25) is 0 Å². The van der Waals surface area contributed by atoms with Gasteiger partial charge in [0.2, 0.25) is 21.8 Å². The third-order valence-electron chi connectivity index (χ3n) is 6.32. The van der Waals surface area contributed by atoms with Crippen molar-refractivity contribution in [3.63, 3.8) is 0 Å². The minimum Gasteiger partial charge on any atom is -0.481 e. The normalized spacial score (nSPS) is 16.1. The number of carboxylic acid groups (broad SMARTS) is 1. The van der Waals surface area contributed by atoms with Gasteiger partial charge in [0.05, 0.1) is 17.9 Å². The number of ether oxygens (including phenoxy) is 1. The van der Waals surface area contributed by atoms with Crippen molar-refractivity contribution in [1.29, 1.82) is 0 Å².